The molecule has 1 atom stereocenters. The Kier molecular flexibility index (Phi) is 4.44. The van der Waals surface area contributed by atoms with Crippen LogP contribution in [0.2, 0.25) is 0 Å². The second-order valence-electron chi connectivity index (χ2n) is 5.74. The Hall–Kier alpha value is -1.53. The molecule has 0 saturated carbocycles. The van der Waals surface area contributed by atoms with Gasteiger partial charge in [-0.3, -0.25) is 4.90 Å². The Labute approximate surface area is 116 Å². The van der Waals surface area contributed by atoms with Crippen LogP contribution in [0.15, 0.2) is 24.3 Å². The van der Waals surface area contributed by atoms with Crippen molar-refractivity contribution in [2.24, 2.45) is 5.92 Å². The summed E-state index contributed by atoms with van der Waals surface area (Å²) in [5, 5.41) is 9.47. The van der Waals surface area contributed by atoms with Gasteiger partial charge in [-0.15, -0.1) is 0 Å². The van der Waals surface area contributed by atoms with Crippen molar-refractivity contribution in [2.75, 3.05) is 32.1 Å². The number of benzene rings is 1. The summed E-state index contributed by atoms with van der Waals surface area (Å²) in [6, 6.07) is 10.7. The molecule has 1 unspecified atom stereocenters. The topological polar surface area (TPSA) is 30.3 Å². The van der Waals surface area contributed by atoms with E-state index in [2.05, 4.69) is 47.1 Å². The minimum absolute atomic E-state index is 0.0938. The van der Waals surface area contributed by atoms with E-state index >= 15 is 0 Å². The first kappa shape index (κ1) is 13.9. The molecule has 1 aromatic rings. The predicted octanol–water partition coefficient (Wildman–Crippen LogP) is 3.05. The standard InChI is InChI=1S/C16H23N3/c1-13-8-10-19(11-9-13)16(12-17)14-4-6-15(7-5-14)18(2)3/h4-7,13,16H,8-11H2,1-3H3. The molecule has 0 radical (unpaired) electrons. The summed E-state index contributed by atoms with van der Waals surface area (Å²) in [5.41, 5.74) is 2.29. The summed E-state index contributed by atoms with van der Waals surface area (Å²) >= 11 is 0. The average Bonchev–Trinajstić information content (AvgIpc) is 2.42. The van der Waals surface area contributed by atoms with E-state index in [1.807, 2.05) is 14.1 Å². The highest BCUT2D eigenvalue weighted by Gasteiger charge is 2.24. The molecule has 1 saturated heterocycles. The maximum Gasteiger partial charge on any atom is 0.123 e. The quantitative estimate of drug-likeness (QED) is 0.833. The zero-order chi connectivity index (χ0) is 13.8. The summed E-state index contributed by atoms with van der Waals surface area (Å²) in [7, 11) is 4.06. The van der Waals surface area contributed by atoms with Crippen LogP contribution in [0, 0.1) is 17.2 Å². The fourth-order valence-electron chi connectivity index (χ4n) is 2.61. The van der Waals surface area contributed by atoms with Crippen LogP contribution in [-0.2, 0) is 0 Å². The van der Waals surface area contributed by atoms with Crippen molar-refractivity contribution in [3.05, 3.63) is 29.8 Å². The molecule has 0 N–H and O–H groups in total. The first-order valence-electron chi connectivity index (χ1n) is 7.02. The van der Waals surface area contributed by atoms with Crippen LogP contribution in [0.3, 0.4) is 0 Å². The summed E-state index contributed by atoms with van der Waals surface area (Å²) < 4.78 is 0. The van der Waals surface area contributed by atoms with Gasteiger partial charge in [0.2, 0.25) is 0 Å². The van der Waals surface area contributed by atoms with Crippen LogP contribution in [-0.4, -0.2) is 32.1 Å². The van der Waals surface area contributed by atoms with Crippen LogP contribution in [0.4, 0.5) is 5.69 Å². The van der Waals surface area contributed by atoms with Crippen LogP contribution >= 0.6 is 0 Å². The van der Waals surface area contributed by atoms with Crippen molar-refractivity contribution in [3.63, 3.8) is 0 Å². The van der Waals surface area contributed by atoms with E-state index in [-0.39, 0.29) is 6.04 Å². The number of hydrogen-bond acceptors (Lipinski definition) is 3. The monoisotopic (exact) mass is 257 g/mol. The van der Waals surface area contributed by atoms with Gasteiger partial charge in [0.05, 0.1) is 6.07 Å². The summed E-state index contributed by atoms with van der Waals surface area (Å²) in [5.74, 6) is 0.798. The molecule has 1 fully saturated rings. The number of likely N-dealkylation sites (tertiary alicyclic amines) is 1. The van der Waals surface area contributed by atoms with Gasteiger partial charge in [0, 0.05) is 19.8 Å². The summed E-state index contributed by atoms with van der Waals surface area (Å²) in [6.45, 7) is 4.37. The molecule has 0 aromatic heterocycles. The summed E-state index contributed by atoms with van der Waals surface area (Å²) in [6.07, 6.45) is 2.40. The van der Waals surface area contributed by atoms with Gasteiger partial charge < -0.3 is 4.90 Å². The molecule has 1 heterocycles. The Morgan fingerprint density at radius 1 is 1.21 bits per heavy atom. The lowest BCUT2D eigenvalue weighted by atomic mass is 9.96. The van der Waals surface area contributed by atoms with Crippen molar-refractivity contribution in [2.45, 2.75) is 25.8 Å². The second-order valence-corrected chi connectivity index (χ2v) is 5.74. The highest BCUT2D eigenvalue weighted by Crippen LogP contribution is 2.27. The fraction of sp³-hybridized carbons (Fsp3) is 0.562. The molecule has 0 bridgehead atoms. The van der Waals surface area contributed by atoms with E-state index in [0.717, 1.165) is 24.6 Å². The van der Waals surface area contributed by atoms with Gasteiger partial charge in [0.15, 0.2) is 0 Å². The Morgan fingerprint density at radius 3 is 2.26 bits per heavy atom. The zero-order valence-corrected chi connectivity index (χ0v) is 12.1. The van der Waals surface area contributed by atoms with Gasteiger partial charge in [-0.2, -0.15) is 5.26 Å². The van der Waals surface area contributed by atoms with Crippen LogP contribution in [0.5, 0.6) is 0 Å². The van der Waals surface area contributed by atoms with Gasteiger partial charge in [-0.05, 0) is 49.5 Å². The molecule has 1 aliphatic heterocycles. The highest BCUT2D eigenvalue weighted by atomic mass is 15.2. The lowest BCUT2D eigenvalue weighted by Crippen LogP contribution is -2.35. The third kappa shape index (κ3) is 3.27. The predicted molar refractivity (Wildman–Crippen MR) is 79.1 cm³/mol. The Bertz CT molecular complexity index is 436. The lowest BCUT2D eigenvalue weighted by Gasteiger charge is -2.33. The molecule has 0 amide bonds. The van der Waals surface area contributed by atoms with Gasteiger partial charge in [-0.1, -0.05) is 19.1 Å². The van der Waals surface area contributed by atoms with Gasteiger partial charge in [0.1, 0.15) is 6.04 Å². The van der Waals surface area contributed by atoms with E-state index in [9.17, 15) is 5.26 Å². The number of nitriles is 1. The third-order valence-electron chi connectivity index (χ3n) is 4.03. The first-order chi connectivity index (χ1) is 9.11. The maximum atomic E-state index is 9.47. The van der Waals surface area contributed by atoms with Crippen molar-refractivity contribution >= 4 is 5.69 Å². The van der Waals surface area contributed by atoms with Crippen molar-refractivity contribution < 1.29 is 0 Å². The van der Waals surface area contributed by atoms with E-state index in [1.165, 1.54) is 18.5 Å². The Balaban J connectivity index is 2.11. The second kappa shape index (κ2) is 6.08. The average molecular weight is 257 g/mol. The molecule has 3 heteroatoms. The van der Waals surface area contributed by atoms with E-state index in [1.54, 1.807) is 0 Å². The van der Waals surface area contributed by atoms with E-state index < -0.39 is 0 Å². The van der Waals surface area contributed by atoms with Crippen molar-refractivity contribution in [3.8, 4) is 6.07 Å². The lowest BCUT2D eigenvalue weighted by molar-refractivity contribution is 0.165. The summed E-state index contributed by atoms with van der Waals surface area (Å²) in [4.78, 5) is 4.39. The van der Waals surface area contributed by atoms with Crippen molar-refractivity contribution in [1.82, 2.24) is 4.90 Å². The minimum atomic E-state index is -0.0938. The minimum Gasteiger partial charge on any atom is -0.378 e. The van der Waals surface area contributed by atoms with Crippen LogP contribution in [0.1, 0.15) is 31.4 Å². The molecule has 19 heavy (non-hydrogen) atoms. The van der Waals surface area contributed by atoms with Crippen molar-refractivity contribution in [1.29, 1.82) is 5.26 Å². The molecular formula is C16H23N3. The van der Waals surface area contributed by atoms with Crippen LogP contribution in [0.25, 0.3) is 0 Å². The molecular weight excluding hydrogens is 234 g/mol. The van der Waals surface area contributed by atoms with Gasteiger partial charge in [0.25, 0.3) is 0 Å². The molecule has 3 nitrogen and oxygen atoms in total. The van der Waals surface area contributed by atoms with Gasteiger partial charge >= 0.3 is 0 Å². The number of anilines is 1. The molecule has 2 rings (SSSR count). The number of piperidine rings is 1. The van der Waals surface area contributed by atoms with E-state index in [4.69, 9.17) is 0 Å². The molecule has 1 aliphatic rings. The van der Waals surface area contributed by atoms with E-state index in [0.29, 0.717) is 0 Å². The molecule has 0 aliphatic carbocycles. The number of nitrogens with zero attached hydrogens (tertiary/aromatic N) is 3. The third-order valence-corrected chi connectivity index (χ3v) is 4.03. The molecule has 102 valence electrons. The first-order valence-corrected chi connectivity index (χ1v) is 7.02. The normalized spacial score (nSPS) is 18.8. The number of hydrogen-bond donors (Lipinski definition) is 0. The van der Waals surface area contributed by atoms with Crippen LogP contribution < -0.4 is 4.90 Å². The highest BCUT2D eigenvalue weighted by molar-refractivity contribution is 5.47. The fourth-order valence-corrected chi connectivity index (χ4v) is 2.61. The molecule has 1 aromatic carbocycles. The van der Waals surface area contributed by atoms with Gasteiger partial charge in [-0.25, -0.2) is 0 Å². The molecule has 0 spiro atoms. The largest absolute Gasteiger partial charge is 0.378 e. The Morgan fingerprint density at radius 2 is 1.79 bits per heavy atom. The maximum absolute atomic E-state index is 9.47. The zero-order valence-electron chi connectivity index (χ0n) is 12.1. The number of rotatable bonds is 3. The smallest absolute Gasteiger partial charge is 0.123 e. The SMILES string of the molecule is CC1CCN(C(C#N)c2ccc(N(C)C)cc2)CC1.